The minimum Gasteiger partial charge on any atom is -0.335 e. The van der Waals surface area contributed by atoms with E-state index in [2.05, 4.69) is 26.0 Å². The lowest BCUT2D eigenvalue weighted by Crippen LogP contribution is -2.40. The van der Waals surface area contributed by atoms with Crippen LogP contribution in [0.5, 0.6) is 0 Å². The summed E-state index contributed by atoms with van der Waals surface area (Å²) in [5.41, 5.74) is 3.31. The third-order valence-corrected chi connectivity index (χ3v) is 5.40. The van der Waals surface area contributed by atoms with E-state index in [9.17, 15) is 24.5 Å². The van der Waals surface area contributed by atoms with Crippen LogP contribution < -0.4 is 16.3 Å². The first-order valence-electron chi connectivity index (χ1n) is 10.8. The van der Waals surface area contributed by atoms with Crippen LogP contribution in [0.2, 0.25) is 0 Å². The van der Waals surface area contributed by atoms with Crippen molar-refractivity contribution >= 4 is 34.0 Å². The number of benzene rings is 3. The molecular weight excluding hydrogens is 464 g/mol. The van der Waals surface area contributed by atoms with E-state index in [0.717, 1.165) is 0 Å². The fourth-order valence-corrected chi connectivity index (χ4v) is 3.51. The van der Waals surface area contributed by atoms with Gasteiger partial charge in [0.25, 0.3) is 23.1 Å². The molecule has 2 amide bonds. The van der Waals surface area contributed by atoms with E-state index >= 15 is 0 Å². The summed E-state index contributed by atoms with van der Waals surface area (Å²) < 4.78 is 0. The summed E-state index contributed by atoms with van der Waals surface area (Å²) in [4.78, 5) is 48.8. The minimum absolute atomic E-state index is 0.0738. The number of hydrogen-bond donors (Lipinski definition) is 3. The first-order chi connectivity index (χ1) is 17.3. The van der Waals surface area contributed by atoms with Gasteiger partial charge in [0, 0.05) is 23.1 Å². The summed E-state index contributed by atoms with van der Waals surface area (Å²) in [7, 11) is 0. The monoisotopic (exact) mass is 484 g/mol. The van der Waals surface area contributed by atoms with Crippen molar-refractivity contribution in [1.82, 2.24) is 20.9 Å². The molecule has 1 heterocycles. The molecule has 1 atom stereocenters. The fourth-order valence-electron chi connectivity index (χ4n) is 3.51. The third kappa shape index (κ3) is 5.14. The van der Waals surface area contributed by atoms with Gasteiger partial charge in [0.2, 0.25) is 0 Å². The van der Waals surface area contributed by atoms with Crippen molar-refractivity contribution in [2.75, 3.05) is 0 Å². The number of rotatable bonds is 7. The lowest BCUT2D eigenvalue weighted by atomic mass is 10.0. The maximum absolute atomic E-state index is 13.3. The molecule has 4 aromatic rings. The molecule has 36 heavy (non-hydrogen) atoms. The van der Waals surface area contributed by atoms with Crippen molar-refractivity contribution in [1.29, 1.82) is 0 Å². The number of carbonyl (C=O) groups excluding carboxylic acids is 2. The molecule has 0 fully saturated rings. The number of carbonyl (C=O) groups is 2. The maximum atomic E-state index is 13.3. The Morgan fingerprint density at radius 2 is 1.58 bits per heavy atom. The average molecular weight is 484 g/mol. The van der Waals surface area contributed by atoms with Crippen LogP contribution in [0.1, 0.15) is 34.6 Å². The summed E-state index contributed by atoms with van der Waals surface area (Å²) in [5, 5.41) is 24.8. The van der Waals surface area contributed by atoms with Crippen LogP contribution in [-0.2, 0) is 4.79 Å². The number of H-pyrrole nitrogens is 1. The van der Waals surface area contributed by atoms with Gasteiger partial charge in [-0.3, -0.25) is 24.5 Å². The van der Waals surface area contributed by atoms with Crippen LogP contribution in [0.4, 0.5) is 5.69 Å². The van der Waals surface area contributed by atoms with Crippen LogP contribution >= 0.6 is 0 Å². The molecule has 0 unspecified atom stereocenters. The van der Waals surface area contributed by atoms with E-state index in [1.165, 1.54) is 24.3 Å². The van der Waals surface area contributed by atoms with Gasteiger partial charge in [0.05, 0.1) is 16.0 Å². The smallest absolute Gasteiger partial charge is 0.272 e. The number of nitro benzene ring substituents is 1. The molecular formula is C25H20N6O5. The number of nitrogens with zero attached hydrogens (tertiary/aromatic N) is 3. The molecule has 180 valence electrons. The summed E-state index contributed by atoms with van der Waals surface area (Å²) in [5.74, 6) is -1.23. The SMILES string of the molecule is C/C(=N/NC(=O)[C@H](NC(=O)c1ccccc1)c1n[nH]c(=O)c2ccccc12)c1ccc([N+](=O)[O-])cc1. The van der Waals surface area contributed by atoms with E-state index in [1.807, 2.05) is 0 Å². The number of aromatic nitrogens is 2. The number of fused-ring (bicyclic) bond motifs is 1. The van der Waals surface area contributed by atoms with Crippen LogP contribution in [0.3, 0.4) is 0 Å². The molecule has 3 N–H and O–H groups in total. The van der Waals surface area contributed by atoms with Gasteiger partial charge in [0.1, 0.15) is 5.69 Å². The number of hydrogen-bond acceptors (Lipinski definition) is 7. The summed E-state index contributed by atoms with van der Waals surface area (Å²) >= 11 is 0. The lowest BCUT2D eigenvalue weighted by Gasteiger charge is -2.18. The number of nitrogens with one attached hydrogen (secondary N) is 3. The number of hydrazone groups is 1. The summed E-state index contributed by atoms with van der Waals surface area (Å²) in [6.07, 6.45) is 0. The third-order valence-electron chi connectivity index (χ3n) is 5.40. The van der Waals surface area contributed by atoms with Crippen molar-refractivity contribution in [3.8, 4) is 0 Å². The first-order valence-corrected chi connectivity index (χ1v) is 10.8. The predicted octanol–water partition coefficient (Wildman–Crippen LogP) is 2.84. The molecule has 0 saturated heterocycles. The van der Waals surface area contributed by atoms with Gasteiger partial charge in [-0.25, -0.2) is 10.5 Å². The van der Waals surface area contributed by atoms with E-state index in [4.69, 9.17) is 0 Å². The largest absolute Gasteiger partial charge is 0.335 e. The highest BCUT2D eigenvalue weighted by Gasteiger charge is 2.27. The second-order valence-corrected chi connectivity index (χ2v) is 7.73. The zero-order chi connectivity index (χ0) is 25.7. The Morgan fingerprint density at radius 3 is 2.25 bits per heavy atom. The number of non-ortho nitro benzene ring substituents is 1. The Morgan fingerprint density at radius 1 is 0.944 bits per heavy atom. The maximum Gasteiger partial charge on any atom is 0.272 e. The summed E-state index contributed by atoms with van der Waals surface area (Å²) in [6.45, 7) is 1.62. The lowest BCUT2D eigenvalue weighted by molar-refractivity contribution is -0.384. The molecule has 0 saturated carbocycles. The van der Waals surface area contributed by atoms with Crippen molar-refractivity contribution in [3.63, 3.8) is 0 Å². The molecule has 1 aromatic heterocycles. The highest BCUT2D eigenvalue weighted by atomic mass is 16.6. The van der Waals surface area contributed by atoms with Crippen LogP contribution in [0, 0.1) is 10.1 Å². The zero-order valence-corrected chi connectivity index (χ0v) is 19.0. The number of amides is 2. The highest BCUT2D eigenvalue weighted by Crippen LogP contribution is 2.20. The molecule has 0 spiro atoms. The van der Waals surface area contributed by atoms with Gasteiger partial charge < -0.3 is 5.32 Å². The highest BCUT2D eigenvalue weighted by molar-refractivity contribution is 6.01. The zero-order valence-electron chi connectivity index (χ0n) is 19.0. The molecule has 3 aromatic carbocycles. The van der Waals surface area contributed by atoms with Crippen molar-refractivity contribution in [2.45, 2.75) is 13.0 Å². The van der Waals surface area contributed by atoms with Gasteiger partial charge in [0.15, 0.2) is 6.04 Å². The summed E-state index contributed by atoms with van der Waals surface area (Å²) in [6, 6.07) is 19.3. The Hall–Kier alpha value is -5.19. The second-order valence-electron chi connectivity index (χ2n) is 7.73. The Balaban J connectivity index is 1.67. The van der Waals surface area contributed by atoms with E-state index < -0.39 is 28.3 Å². The van der Waals surface area contributed by atoms with Gasteiger partial charge in [-0.15, -0.1) is 0 Å². The average Bonchev–Trinajstić information content (AvgIpc) is 2.91. The predicted molar refractivity (Wildman–Crippen MR) is 132 cm³/mol. The van der Waals surface area contributed by atoms with Crippen molar-refractivity contribution in [2.24, 2.45) is 5.10 Å². The molecule has 11 nitrogen and oxygen atoms in total. The standard InChI is InChI=1S/C25H20N6O5/c1-15(16-11-13-18(14-12-16)31(35)36)27-30-25(34)22(26-23(32)17-7-3-2-4-8-17)21-19-9-5-6-10-20(19)24(33)29-28-21/h2-14,22H,1H3,(H,26,32)(H,29,33)(H,30,34)/b27-15-/t22-/m1/s1. The van der Waals surface area contributed by atoms with Crippen molar-refractivity contribution in [3.05, 3.63) is 116 Å². The molecule has 0 aliphatic heterocycles. The normalized spacial score (nSPS) is 12.1. The topological polar surface area (TPSA) is 159 Å². The van der Waals surface area contributed by atoms with Crippen LogP contribution in [0.25, 0.3) is 10.8 Å². The van der Waals surface area contributed by atoms with Gasteiger partial charge in [-0.05, 0) is 42.8 Å². The molecule has 0 aliphatic carbocycles. The van der Waals surface area contributed by atoms with E-state index in [-0.39, 0.29) is 11.4 Å². The van der Waals surface area contributed by atoms with Gasteiger partial charge in [-0.1, -0.05) is 36.4 Å². The van der Waals surface area contributed by atoms with Crippen LogP contribution in [-0.4, -0.2) is 32.6 Å². The molecule has 0 bridgehead atoms. The van der Waals surface area contributed by atoms with Gasteiger partial charge >= 0.3 is 0 Å². The first kappa shape index (κ1) is 24.0. The van der Waals surface area contributed by atoms with E-state index in [0.29, 0.717) is 27.6 Å². The molecule has 0 aliphatic rings. The Kier molecular flexibility index (Phi) is 6.91. The van der Waals surface area contributed by atoms with Gasteiger partial charge in [-0.2, -0.15) is 10.2 Å². The Labute approximate surface area is 204 Å². The Bertz CT molecular complexity index is 1530. The molecule has 4 rings (SSSR count). The molecule has 0 radical (unpaired) electrons. The second kappa shape index (κ2) is 10.4. The van der Waals surface area contributed by atoms with E-state index in [1.54, 1.807) is 61.5 Å². The van der Waals surface area contributed by atoms with Crippen molar-refractivity contribution < 1.29 is 14.5 Å². The minimum atomic E-state index is -1.30. The quantitative estimate of drug-likeness (QED) is 0.208. The molecule has 11 heteroatoms. The number of aromatic amines is 1. The number of nitro groups is 1. The van der Waals surface area contributed by atoms with Crippen LogP contribution in [0.15, 0.2) is 88.8 Å². The fraction of sp³-hybridized carbons (Fsp3) is 0.0800.